The van der Waals surface area contributed by atoms with Gasteiger partial charge >= 0.3 is 0 Å². The van der Waals surface area contributed by atoms with Gasteiger partial charge in [-0.1, -0.05) is 6.92 Å². The van der Waals surface area contributed by atoms with Crippen LogP contribution in [0.15, 0.2) is 27.6 Å². The van der Waals surface area contributed by atoms with Crippen molar-refractivity contribution < 1.29 is 13.2 Å². The second-order valence-corrected chi connectivity index (χ2v) is 5.70. The summed E-state index contributed by atoms with van der Waals surface area (Å²) in [6, 6.07) is 6.12. The Hall–Kier alpha value is -1.10. The summed E-state index contributed by atoms with van der Waals surface area (Å²) >= 11 is 3.17. The molecule has 0 saturated heterocycles. The maximum absolute atomic E-state index is 11.1. The van der Waals surface area contributed by atoms with Crippen molar-refractivity contribution in [1.29, 1.82) is 5.26 Å². The van der Waals surface area contributed by atoms with Gasteiger partial charge in [0.1, 0.15) is 11.8 Å². The van der Waals surface area contributed by atoms with E-state index in [2.05, 4.69) is 15.9 Å². The molecule has 0 aliphatic rings. The predicted molar refractivity (Wildman–Crippen MR) is 65.8 cm³/mol. The molecule has 0 bridgehead atoms. The molecule has 0 aromatic heterocycles. The summed E-state index contributed by atoms with van der Waals surface area (Å²) in [7, 11) is -3.73. The average Bonchev–Trinajstić information content (AvgIpc) is 2.26. The first-order chi connectivity index (χ1) is 7.88. The van der Waals surface area contributed by atoms with E-state index in [0.717, 1.165) is 0 Å². The van der Waals surface area contributed by atoms with Gasteiger partial charge in [-0.2, -0.15) is 5.26 Å². The molecule has 2 N–H and O–H groups in total. The van der Waals surface area contributed by atoms with Crippen molar-refractivity contribution in [2.45, 2.75) is 24.3 Å². The summed E-state index contributed by atoms with van der Waals surface area (Å²) in [5, 5.41) is 13.7. The lowest BCUT2D eigenvalue weighted by Crippen LogP contribution is -2.14. The van der Waals surface area contributed by atoms with Gasteiger partial charge in [0.15, 0.2) is 6.10 Å². The van der Waals surface area contributed by atoms with Crippen LogP contribution in [0.5, 0.6) is 5.75 Å². The molecule has 1 atom stereocenters. The Balaban J connectivity index is 3.03. The van der Waals surface area contributed by atoms with Crippen molar-refractivity contribution in [2.24, 2.45) is 5.14 Å². The van der Waals surface area contributed by atoms with Gasteiger partial charge in [-0.3, -0.25) is 0 Å². The van der Waals surface area contributed by atoms with Gasteiger partial charge in [-0.05, 0) is 40.5 Å². The minimum absolute atomic E-state index is 0.0123. The molecule has 7 heteroatoms. The Morgan fingerprint density at radius 3 is 2.65 bits per heavy atom. The summed E-state index contributed by atoms with van der Waals surface area (Å²) in [6.07, 6.45) is -0.0218. The number of hydrogen-bond acceptors (Lipinski definition) is 4. The highest BCUT2D eigenvalue weighted by Gasteiger charge is 2.13. The molecule has 0 aliphatic carbocycles. The summed E-state index contributed by atoms with van der Waals surface area (Å²) in [5.41, 5.74) is 0. The zero-order valence-corrected chi connectivity index (χ0v) is 11.5. The molecule has 0 fully saturated rings. The molecule has 1 rings (SSSR count). The van der Waals surface area contributed by atoms with Gasteiger partial charge in [0.25, 0.3) is 0 Å². The molecule has 0 aliphatic heterocycles. The van der Waals surface area contributed by atoms with Gasteiger partial charge in [0, 0.05) is 0 Å². The lowest BCUT2D eigenvalue weighted by Gasteiger charge is -2.12. The summed E-state index contributed by atoms with van der Waals surface area (Å²) in [4.78, 5) is -0.0123. The van der Waals surface area contributed by atoms with E-state index in [0.29, 0.717) is 16.6 Å². The normalized spacial score (nSPS) is 12.8. The van der Waals surface area contributed by atoms with E-state index in [4.69, 9.17) is 15.1 Å². The molecule has 0 heterocycles. The number of rotatable bonds is 4. The van der Waals surface area contributed by atoms with Crippen molar-refractivity contribution in [3.63, 3.8) is 0 Å². The van der Waals surface area contributed by atoms with Crippen molar-refractivity contribution in [1.82, 2.24) is 0 Å². The van der Waals surface area contributed by atoms with E-state index in [1.807, 2.05) is 13.0 Å². The maximum Gasteiger partial charge on any atom is 0.238 e. The number of sulfonamides is 1. The number of ether oxygens (including phenoxy) is 1. The van der Waals surface area contributed by atoms with Crippen LogP contribution in [0.4, 0.5) is 0 Å². The molecule has 0 spiro atoms. The molecule has 1 aromatic rings. The van der Waals surface area contributed by atoms with E-state index in [1.54, 1.807) is 0 Å². The Labute approximate surface area is 108 Å². The molecule has 92 valence electrons. The summed E-state index contributed by atoms with van der Waals surface area (Å²) < 4.78 is 28.0. The molecule has 1 unspecified atom stereocenters. The fourth-order valence-corrected chi connectivity index (χ4v) is 2.27. The molecule has 0 amide bonds. The Morgan fingerprint density at radius 2 is 2.24 bits per heavy atom. The van der Waals surface area contributed by atoms with Crippen molar-refractivity contribution in [3.05, 3.63) is 22.7 Å². The number of primary sulfonamides is 1. The standard InChI is InChI=1S/C10H11BrN2O3S/c1-2-7(6-12)16-10-4-3-8(5-9(10)11)17(13,14)15/h3-5,7H,2H2,1H3,(H2,13,14,15). The smallest absolute Gasteiger partial charge is 0.238 e. The lowest BCUT2D eigenvalue weighted by atomic mass is 10.3. The monoisotopic (exact) mass is 318 g/mol. The maximum atomic E-state index is 11.1. The van der Waals surface area contributed by atoms with Gasteiger partial charge < -0.3 is 4.74 Å². The fraction of sp³-hybridized carbons (Fsp3) is 0.300. The Kier molecular flexibility index (Phi) is 4.51. The van der Waals surface area contributed by atoms with Crippen molar-refractivity contribution in [3.8, 4) is 11.8 Å². The molecular weight excluding hydrogens is 308 g/mol. The molecule has 5 nitrogen and oxygen atoms in total. The number of benzene rings is 1. The number of hydrogen-bond donors (Lipinski definition) is 1. The minimum atomic E-state index is -3.73. The fourth-order valence-electron chi connectivity index (χ4n) is 1.11. The number of nitrogens with two attached hydrogens (primary N) is 1. The Morgan fingerprint density at radius 1 is 1.59 bits per heavy atom. The second kappa shape index (κ2) is 5.49. The van der Waals surface area contributed by atoms with Crippen LogP contribution in [-0.2, 0) is 10.0 Å². The van der Waals surface area contributed by atoms with Crippen LogP contribution in [0, 0.1) is 11.3 Å². The van der Waals surface area contributed by atoms with Crippen LogP contribution in [-0.4, -0.2) is 14.5 Å². The third-order valence-electron chi connectivity index (χ3n) is 2.02. The molecule has 17 heavy (non-hydrogen) atoms. The quantitative estimate of drug-likeness (QED) is 0.915. The summed E-state index contributed by atoms with van der Waals surface area (Å²) in [5.74, 6) is 0.408. The largest absolute Gasteiger partial charge is 0.474 e. The zero-order chi connectivity index (χ0) is 13.1. The van der Waals surface area contributed by atoms with E-state index >= 15 is 0 Å². The highest BCUT2D eigenvalue weighted by Crippen LogP contribution is 2.28. The van der Waals surface area contributed by atoms with Gasteiger partial charge in [-0.25, -0.2) is 13.6 Å². The molecule has 0 radical (unpaired) electrons. The predicted octanol–water partition coefficient (Wildman–Crippen LogP) is 1.78. The van der Waals surface area contributed by atoms with Gasteiger partial charge in [0.05, 0.1) is 9.37 Å². The van der Waals surface area contributed by atoms with Crippen molar-refractivity contribution >= 4 is 26.0 Å². The summed E-state index contributed by atoms with van der Waals surface area (Å²) in [6.45, 7) is 1.82. The minimum Gasteiger partial charge on any atom is -0.474 e. The number of nitrogens with zero attached hydrogens (tertiary/aromatic N) is 1. The van der Waals surface area contributed by atoms with Gasteiger partial charge in [-0.15, -0.1) is 0 Å². The SMILES string of the molecule is CCC(C#N)Oc1ccc(S(N)(=O)=O)cc1Br. The van der Waals surface area contributed by atoms with E-state index in [-0.39, 0.29) is 4.90 Å². The van der Waals surface area contributed by atoms with E-state index in [9.17, 15) is 8.42 Å². The molecule has 1 aromatic carbocycles. The highest BCUT2D eigenvalue weighted by atomic mass is 79.9. The van der Waals surface area contributed by atoms with Crippen LogP contribution >= 0.6 is 15.9 Å². The average molecular weight is 319 g/mol. The van der Waals surface area contributed by atoms with E-state index < -0.39 is 16.1 Å². The second-order valence-electron chi connectivity index (χ2n) is 3.28. The van der Waals surface area contributed by atoms with Crippen LogP contribution in [0.2, 0.25) is 0 Å². The topological polar surface area (TPSA) is 93.2 Å². The Bertz CT molecular complexity index is 551. The molecule has 0 saturated carbocycles. The molecular formula is C10H11BrN2O3S. The first-order valence-electron chi connectivity index (χ1n) is 4.77. The van der Waals surface area contributed by atoms with Gasteiger partial charge in [0.2, 0.25) is 10.0 Å². The highest BCUT2D eigenvalue weighted by molar-refractivity contribution is 9.10. The lowest BCUT2D eigenvalue weighted by molar-refractivity contribution is 0.250. The van der Waals surface area contributed by atoms with Crippen LogP contribution in [0.25, 0.3) is 0 Å². The van der Waals surface area contributed by atoms with E-state index in [1.165, 1.54) is 18.2 Å². The van der Waals surface area contributed by atoms with Crippen LogP contribution in [0.1, 0.15) is 13.3 Å². The third-order valence-corrected chi connectivity index (χ3v) is 3.55. The zero-order valence-electron chi connectivity index (χ0n) is 9.05. The first kappa shape index (κ1) is 14.0. The number of nitriles is 1. The van der Waals surface area contributed by atoms with Crippen LogP contribution in [0.3, 0.4) is 0 Å². The van der Waals surface area contributed by atoms with Crippen LogP contribution < -0.4 is 9.88 Å². The third kappa shape index (κ3) is 3.70. The number of halogens is 1. The van der Waals surface area contributed by atoms with Crippen molar-refractivity contribution in [2.75, 3.05) is 0 Å². The first-order valence-corrected chi connectivity index (χ1v) is 7.11.